The molecule has 0 radical (unpaired) electrons. The lowest BCUT2D eigenvalue weighted by atomic mass is 10.1. The zero-order chi connectivity index (χ0) is 17.9. The van der Waals surface area contributed by atoms with E-state index >= 15 is 0 Å². The average Bonchev–Trinajstić information content (AvgIpc) is 3.08. The number of halogens is 1. The highest BCUT2D eigenvalue weighted by Gasteiger charge is 2.16. The van der Waals surface area contributed by atoms with Crippen molar-refractivity contribution in [1.82, 2.24) is 9.55 Å². The van der Waals surface area contributed by atoms with Gasteiger partial charge in [-0.15, -0.1) is 0 Å². The molecule has 0 unspecified atom stereocenters. The Morgan fingerprint density at radius 1 is 1.04 bits per heavy atom. The van der Waals surface area contributed by atoms with E-state index in [2.05, 4.69) is 21.4 Å². The Kier molecular flexibility index (Phi) is 4.63. The Labute approximate surface area is 157 Å². The van der Waals surface area contributed by atoms with Crippen LogP contribution in [0.4, 0.5) is 16.2 Å². The molecule has 132 valence electrons. The number of hydrogen-bond donors (Lipinski definition) is 2. The summed E-state index contributed by atoms with van der Waals surface area (Å²) in [6.07, 6.45) is 5.45. The third kappa shape index (κ3) is 3.58. The van der Waals surface area contributed by atoms with Gasteiger partial charge in [0.25, 0.3) is 0 Å². The van der Waals surface area contributed by atoms with Gasteiger partial charge in [-0.1, -0.05) is 29.8 Å². The molecule has 1 aromatic heterocycles. The van der Waals surface area contributed by atoms with Crippen molar-refractivity contribution in [3.63, 3.8) is 0 Å². The maximum atomic E-state index is 12.4. The predicted molar refractivity (Wildman–Crippen MR) is 105 cm³/mol. The van der Waals surface area contributed by atoms with Crippen LogP contribution in [0.25, 0.3) is 11.3 Å². The van der Waals surface area contributed by atoms with Crippen molar-refractivity contribution in [1.29, 1.82) is 0 Å². The predicted octanol–water partition coefficient (Wildman–Crippen LogP) is 5.18. The molecule has 1 aliphatic rings. The summed E-state index contributed by atoms with van der Waals surface area (Å²) in [5.41, 5.74) is 3.22. The summed E-state index contributed by atoms with van der Waals surface area (Å²) in [5.74, 6) is 1.12. The molecule has 2 N–H and O–H groups in total. The molecule has 0 aliphatic carbocycles. The van der Waals surface area contributed by atoms with Crippen molar-refractivity contribution in [2.75, 3.05) is 10.6 Å². The van der Waals surface area contributed by atoms with Crippen LogP contribution in [0.5, 0.6) is 0 Å². The first-order valence-corrected chi connectivity index (χ1v) is 9.06. The fourth-order valence-corrected chi connectivity index (χ4v) is 3.30. The molecule has 3 aromatic rings. The van der Waals surface area contributed by atoms with Gasteiger partial charge in [-0.2, -0.15) is 0 Å². The Morgan fingerprint density at radius 2 is 1.85 bits per heavy atom. The largest absolute Gasteiger partial charge is 0.334 e. The van der Waals surface area contributed by atoms with Gasteiger partial charge in [0.2, 0.25) is 0 Å². The lowest BCUT2D eigenvalue weighted by molar-refractivity contribution is 0.262. The molecule has 0 saturated carbocycles. The molecule has 4 rings (SSSR count). The number of carbonyl (C=O) groups is 1. The van der Waals surface area contributed by atoms with Gasteiger partial charge in [0.15, 0.2) is 0 Å². The number of fused-ring (bicyclic) bond motifs is 1. The number of anilines is 2. The fraction of sp³-hybridized carbons (Fsp3) is 0.200. The van der Waals surface area contributed by atoms with Crippen molar-refractivity contribution in [2.24, 2.45) is 0 Å². The molecule has 0 bridgehead atoms. The van der Waals surface area contributed by atoms with Gasteiger partial charge in [-0.05, 0) is 43.2 Å². The highest BCUT2D eigenvalue weighted by atomic mass is 35.5. The first-order chi connectivity index (χ1) is 12.7. The Hall–Kier alpha value is -2.79. The monoisotopic (exact) mass is 366 g/mol. The van der Waals surface area contributed by atoms with E-state index in [1.54, 1.807) is 24.3 Å². The smallest absolute Gasteiger partial charge is 0.323 e. The number of nitrogens with one attached hydrogen (secondary N) is 2. The van der Waals surface area contributed by atoms with Crippen LogP contribution >= 0.6 is 11.6 Å². The molecular formula is C20H19ClN4O. The molecule has 0 fully saturated rings. The van der Waals surface area contributed by atoms with Gasteiger partial charge < -0.3 is 15.2 Å². The number of benzene rings is 2. The SMILES string of the molecule is O=C(Nc1ccc(Cl)cc1)Nc1ccccc1-c1cn2c(n1)CCCC2. The number of nitrogens with zero attached hydrogens (tertiary/aromatic N) is 2. The number of imidazole rings is 1. The summed E-state index contributed by atoms with van der Waals surface area (Å²) >= 11 is 5.87. The maximum absolute atomic E-state index is 12.4. The number of carbonyl (C=O) groups excluding carboxylic acids is 1. The van der Waals surface area contributed by atoms with Gasteiger partial charge in [-0.25, -0.2) is 9.78 Å². The minimum atomic E-state index is -0.302. The Bertz CT molecular complexity index is 910. The molecule has 2 heterocycles. The van der Waals surface area contributed by atoms with Crippen molar-refractivity contribution < 1.29 is 4.79 Å². The molecule has 0 atom stereocenters. The standard InChI is InChI=1S/C20H19ClN4O/c21-14-8-10-15(11-9-14)22-20(26)24-17-6-2-1-5-16(17)18-13-25-12-4-3-7-19(25)23-18/h1-2,5-6,8-11,13H,3-4,7,12H2,(H2,22,24,26). The lowest BCUT2D eigenvalue weighted by Gasteiger charge is -2.11. The van der Waals surface area contributed by atoms with Crippen LogP contribution in [0.1, 0.15) is 18.7 Å². The number of para-hydroxylation sites is 1. The highest BCUT2D eigenvalue weighted by molar-refractivity contribution is 6.30. The van der Waals surface area contributed by atoms with Crippen LogP contribution < -0.4 is 10.6 Å². The topological polar surface area (TPSA) is 59.0 Å². The summed E-state index contributed by atoms with van der Waals surface area (Å²) in [6.45, 7) is 1.01. The highest BCUT2D eigenvalue weighted by Crippen LogP contribution is 2.29. The van der Waals surface area contributed by atoms with Crippen LogP contribution in [-0.4, -0.2) is 15.6 Å². The van der Waals surface area contributed by atoms with Crippen molar-refractivity contribution in [2.45, 2.75) is 25.8 Å². The van der Waals surface area contributed by atoms with Crippen molar-refractivity contribution in [3.8, 4) is 11.3 Å². The van der Waals surface area contributed by atoms with Gasteiger partial charge in [0.05, 0.1) is 11.4 Å². The molecule has 0 spiro atoms. The second-order valence-corrected chi connectivity index (χ2v) is 6.76. The molecular weight excluding hydrogens is 348 g/mol. The number of aryl methyl sites for hydroxylation is 2. The van der Waals surface area contributed by atoms with Crippen LogP contribution in [-0.2, 0) is 13.0 Å². The minimum Gasteiger partial charge on any atom is -0.334 e. The Balaban J connectivity index is 1.55. The number of rotatable bonds is 3. The fourth-order valence-electron chi connectivity index (χ4n) is 3.18. The molecule has 2 amide bonds. The molecule has 6 heteroatoms. The van der Waals surface area contributed by atoms with Crippen LogP contribution in [0, 0.1) is 0 Å². The van der Waals surface area contributed by atoms with E-state index in [-0.39, 0.29) is 6.03 Å². The van der Waals surface area contributed by atoms with Gasteiger partial charge in [0.1, 0.15) is 5.82 Å². The second-order valence-electron chi connectivity index (χ2n) is 6.32. The maximum Gasteiger partial charge on any atom is 0.323 e. The first kappa shape index (κ1) is 16.7. The molecule has 5 nitrogen and oxygen atoms in total. The van der Waals surface area contributed by atoms with Gasteiger partial charge in [0, 0.05) is 35.4 Å². The number of aromatic nitrogens is 2. The van der Waals surface area contributed by atoms with Crippen LogP contribution in [0.2, 0.25) is 5.02 Å². The third-order valence-corrected chi connectivity index (χ3v) is 4.71. The minimum absolute atomic E-state index is 0.302. The molecule has 1 aliphatic heterocycles. The summed E-state index contributed by atoms with van der Waals surface area (Å²) in [6, 6.07) is 14.4. The van der Waals surface area contributed by atoms with Crippen molar-refractivity contribution in [3.05, 3.63) is 65.6 Å². The summed E-state index contributed by atoms with van der Waals surface area (Å²) < 4.78 is 2.21. The number of urea groups is 1. The van der Waals surface area contributed by atoms with Crippen LogP contribution in [0.15, 0.2) is 54.7 Å². The van der Waals surface area contributed by atoms with E-state index in [1.165, 1.54) is 12.8 Å². The van der Waals surface area contributed by atoms with E-state index in [1.807, 2.05) is 24.3 Å². The van der Waals surface area contributed by atoms with E-state index in [9.17, 15) is 4.79 Å². The quantitative estimate of drug-likeness (QED) is 0.670. The molecule has 26 heavy (non-hydrogen) atoms. The summed E-state index contributed by atoms with van der Waals surface area (Å²) in [7, 11) is 0. The summed E-state index contributed by atoms with van der Waals surface area (Å²) in [4.78, 5) is 17.1. The number of amides is 2. The Morgan fingerprint density at radius 3 is 2.65 bits per heavy atom. The van der Waals surface area contributed by atoms with E-state index in [0.717, 1.165) is 35.7 Å². The zero-order valence-corrected chi connectivity index (χ0v) is 15.0. The molecule has 0 saturated heterocycles. The lowest BCUT2D eigenvalue weighted by Crippen LogP contribution is -2.19. The van der Waals surface area contributed by atoms with Crippen molar-refractivity contribution >= 4 is 29.0 Å². The number of hydrogen-bond acceptors (Lipinski definition) is 2. The zero-order valence-electron chi connectivity index (χ0n) is 14.2. The first-order valence-electron chi connectivity index (χ1n) is 8.68. The van der Waals surface area contributed by atoms with E-state index in [4.69, 9.17) is 16.6 Å². The average molecular weight is 367 g/mol. The molecule has 2 aromatic carbocycles. The third-order valence-electron chi connectivity index (χ3n) is 4.46. The van der Waals surface area contributed by atoms with Gasteiger partial charge in [-0.3, -0.25) is 0 Å². The normalized spacial score (nSPS) is 13.1. The van der Waals surface area contributed by atoms with E-state index in [0.29, 0.717) is 10.7 Å². The second kappa shape index (κ2) is 7.22. The summed E-state index contributed by atoms with van der Waals surface area (Å²) in [5, 5.41) is 6.36. The van der Waals surface area contributed by atoms with Gasteiger partial charge >= 0.3 is 6.03 Å². The van der Waals surface area contributed by atoms with E-state index < -0.39 is 0 Å². The van der Waals surface area contributed by atoms with Crippen LogP contribution in [0.3, 0.4) is 0 Å².